The van der Waals surface area contributed by atoms with Crippen LogP contribution in [0.4, 0.5) is 35.1 Å². The Morgan fingerprint density at radius 2 is 1.29 bits per heavy atom. The van der Waals surface area contributed by atoms with Crippen LogP contribution < -0.4 is 0 Å². The molecule has 0 aliphatic carbocycles. The minimum Gasteiger partial charge on any atom is -0.271 e. The number of alkyl halides is 9. The van der Waals surface area contributed by atoms with Crippen LogP contribution in [0.5, 0.6) is 0 Å². The molecule has 0 radical (unpaired) electrons. The van der Waals surface area contributed by atoms with Crippen LogP contribution in [0.15, 0.2) is 0 Å². The van der Waals surface area contributed by atoms with Crippen LogP contribution >= 0.6 is 22.6 Å². The molecule has 0 aliphatic heterocycles. The summed E-state index contributed by atoms with van der Waals surface area (Å²) in [6.07, 6.45) is -15.8. The quantitative estimate of drug-likeness (QED) is 0.433. The first-order chi connectivity index (χ1) is 5.88. The molecule has 0 aromatic carbocycles. The average molecular weight is 344 g/mol. The van der Waals surface area contributed by atoms with Crippen LogP contribution in [0.1, 0.15) is 0 Å². The van der Waals surface area contributed by atoms with E-state index in [0.717, 1.165) is 0 Å². The molecule has 0 fully saturated rings. The maximum absolute atomic E-state index is 12.0. The number of hydrogen-bond donors (Lipinski definition) is 0. The van der Waals surface area contributed by atoms with Crippen molar-refractivity contribution in [3.8, 4) is 0 Å². The van der Waals surface area contributed by atoms with E-state index in [4.69, 9.17) is 0 Å². The van der Waals surface area contributed by atoms with Gasteiger partial charge in [-0.15, -0.1) is 0 Å². The molecule has 10 heteroatoms. The fourth-order valence-corrected chi connectivity index (χ4v) is 0.391. The Hall–Kier alpha value is 0.130. The smallest absolute Gasteiger partial charge is 0.271 e. The molecule has 0 N–H and O–H groups in total. The summed E-state index contributed by atoms with van der Waals surface area (Å²) in [6, 6.07) is 0. The molecule has 14 heavy (non-hydrogen) atoms. The molecule has 0 aliphatic rings. The highest BCUT2D eigenvalue weighted by atomic mass is 127. The zero-order valence-electron chi connectivity index (χ0n) is 5.89. The second-order valence-electron chi connectivity index (χ2n) is 1.99. The van der Waals surface area contributed by atoms with E-state index in [1.54, 1.807) is 0 Å². The van der Waals surface area contributed by atoms with Crippen LogP contribution in [0, 0.1) is 0 Å². The number of ether oxygens (including phenoxy) is 1. The van der Waals surface area contributed by atoms with Gasteiger partial charge in [-0.2, -0.15) is 30.7 Å². The predicted octanol–water partition coefficient (Wildman–Crippen LogP) is 3.48. The summed E-state index contributed by atoms with van der Waals surface area (Å²) in [4.78, 5) is 0. The Balaban J connectivity index is 4.53. The van der Waals surface area contributed by atoms with Crippen molar-refractivity contribution in [1.82, 2.24) is 0 Å². The van der Waals surface area contributed by atoms with Gasteiger partial charge < -0.3 is 0 Å². The van der Waals surface area contributed by atoms with Crippen LogP contribution in [-0.2, 0) is 4.74 Å². The summed E-state index contributed by atoms with van der Waals surface area (Å²) in [5.41, 5.74) is 0. The maximum Gasteiger partial charge on any atom is 0.445 e. The van der Waals surface area contributed by atoms with Crippen molar-refractivity contribution in [2.75, 3.05) is 0 Å². The van der Waals surface area contributed by atoms with Crippen LogP contribution in [0.3, 0.4) is 0 Å². The lowest BCUT2D eigenvalue weighted by Gasteiger charge is -2.23. The highest BCUT2D eigenvalue weighted by molar-refractivity contribution is 14.1. The summed E-state index contributed by atoms with van der Waals surface area (Å²) in [5, 5.41) is 0. The summed E-state index contributed by atoms with van der Waals surface area (Å²) in [5.74, 6) is 0. The molecule has 0 heterocycles. The van der Waals surface area contributed by atoms with Gasteiger partial charge in [-0.05, 0) is 0 Å². The maximum atomic E-state index is 12.0. The normalized spacial score (nSPS) is 16.9. The first-order valence-electron chi connectivity index (χ1n) is 2.71. The molecule has 0 spiro atoms. The Morgan fingerprint density at radius 1 is 0.929 bits per heavy atom. The van der Waals surface area contributed by atoms with E-state index < -0.39 is 22.6 Å². The molecule has 0 aromatic heterocycles. The number of halogens is 9. The lowest BCUT2D eigenvalue weighted by molar-refractivity contribution is -0.388. The molecule has 0 saturated carbocycles. The second-order valence-corrected chi connectivity index (χ2v) is 3.34. The monoisotopic (exact) mass is 344 g/mol. The molecule has 0 aromatic rings. The molecule has 1 nitrogen and oxygen atoms in total. The van der Waals surface area contributed by atoms with Crippen molar-refractivity contribution in [2.45, 2.75) is 22.6 Å². The molecular weight excluding hydrogens is 343 g/mol. The van der Waals surface area contributed by atoms with Gasteiger partial charge in [-0.25, -0.2) is 4.39 Å². The summed E-state index contributed by atoms with van der Waals surface area (Å²) >= 11 is -0.161. The van der Waals surface area contributed by atoms with Gasteiger partial charge in [0.25, 0.3) is 6.36 Å². The molecule has 0 amide bonds. The lowest BCUT2D eigenvalue weighted by atomic mass is 10.6. The summed E-state index contributed by atoms with van der Waals surface area (Å²) in [7, 11) is 0. The Kier molecular flexibility index (Phi) is 3.98. The van der Waals surface area contributed by atoms with Crippen molar-refractivity contribution in [1.29, 1.82) is 0 Å². The summed E-state index contributed by atoms with van der Waals surface area (Å²) in [6.45, 7) is 0. The highest BCUT2D eigenvalue weighted by Crippen LogP contribution is 2.43. The second kappa shape index (κ2) is 3.94. The van der Waals surface area contributed by atoms with Gasteiger partial charge in [0.05, 0.1) is 0 Å². The average Bonchev–Trinajstić information content (AvgIpc) is 1.80. The van der Waals surface area contributed by atoms with E-state index in [9.17, 15) is 35.1 Å². The largest absolute Gasteiger partial charge is 0.445 e. The zero-order valence-corrected chi connectivity index (χ0v) is 8.04. The van der Waals surface area contributed by atoms with Crippen molar-refractivity contribution in [3.05, 3.63) is 0 Å². The van der Waals surface area contributed by atoms with Crippen molar-refractivity contribution in [3.63, 3.8) is 0 Å². The highest BCUT2D eigenvalue weighted by Gasteiger charge is 2.60. The minimum atomic E-state index is -5.77. The first kappa shape index (κ1) is 14.1. The van der Waals surface area contributed by atoms with E-state index in [1.807, 2.05) is 0 Å². The topological polar surface area (TPSA) is 9.23 Å². The Bertz CT molecular complexity index is 194. The number of hydrogen-bond acceptors (Lipinski definition) is 1. The van der Waals surface area contributed by atoms with Crippen molar-refractivity contribution in [2.24, 2.45) is 0 Å². The van der Waals surface area contributed by atoms with Gasteiger partial charge in [0, 0.05) is 22.6 Å². The van der Waals surface area contributed by atoms with Crippen molar-refractivity contribution < 1.29 is 39.9 Å². The Labute approximate surface area is 85.5 Å². The van der Waals surface area contributed by atoms with Crippen LogP contribution in [0.2, 0.25) is 0 Å². The Morgan fingerprint density at radius 3 is 1.50 bits per heavy atom. The molecular formula is C4HF8IO. The van der Waals surface area contributed by atoms with Gasteiger partial charge in [0.1, 0.15) is 0 Å². The summed E-state index contributed by atoms with van der Waals surface area (Å²) < 4.78 is 90.6. The molecule has 1 atom stereocenters. The molecule has 86 valence electrons. The zero-order chi connectivity index (χ0) is 11.8. The van der Waals surface area contributed by atoms with E-state index in [1.165, 1.54) is 0 Å². The van der Waals surface area contributed by atoms with E-state index in [-0.39, 0.29) is 22.6 Å². The SMILES string of the molecule is FC(OC(F)(F)C(F)(F)I)C(F)(F)F. The molecule has 0 rings (SSSR count). The standard InChI is InChI=1S/C4HF8IO/c5-1(2(6,7)8)14-4(11,12)3(9,10)13/h1H. The fraction of sp³-hybridized carbons (Fsp3) is 1.00. The van der Waals surface area contributed by atoms with Gasteiger partial charge >= 0.3 is 16.2 Å². The molecule has 0 bridgehead atoms. The predicted molar refractivity (Wildman–Crippen MR) is 35.9 cm³/mol. The number of rotatable bonds is 3. The molecule has 1 unspecified atom stereocenters. The molecule has 0 saturated heterocycles. The third-order valence-electron chi connectivity index (χ3n) is 0.839. The van der Waals surface area contributed by atoms with E-state index in [2.05, 4.69) is 4.74 Å². The minimum absolute atomic E-state index is 0.161. The van der Waals surface area contributed by atoms with E-state index in [0.29, 0.717) is 0 Å². The third-order valence-corrected chi connectivity index (χ3v) is 1.47. The van der Waals surface area contributed by atoms with Crippen molar-refractivity contribution >= 4 is 22.6 Å². The van der Waals surface area contributed by atoms with Gasteiger partial charge in [0.15, 0.2) is 0 Å². The van der Waals surface area contributed by atoms with Gasteiger partial charge in [-0.3, -0.25) is 4.74 Å². The van der Waals surface area contributed by atoms with Crippen LogP contribution in [-0.4, -0.2) is 22.6 Å². The van der Waals surface area contributed by atoms with Gasteiger partial charge in [0.2, 0.25) is 0 Å². The first-order valence-corrected chi connectivity index (χ1v) is 3.79. The third kappa shape index (κ3) is 3.71. The lowest BCUT2D eigenvalue weighted by Crippen LogP contribution is -2.43. The van der Waals surface area contributed by atoms with Crippen LogP contribution in [0.25, 0.3) is 0 Å². The fourth-order valence-electron chi connectivity index (χ4n) is 0.264. The van der Waals surface area contributed by atoms with E-state index >= 15 is 0 Å². The van der Waals surface area contributed by atoms with Gasteiger partial charge in [-0.1, -0.05) is 0 Å².